The number of rotatable bonds is 6. The maximum Gasteiger partial charge on any atom is 0.338 e. The predicted octanol–water partition coefficient (Wildman–Crippen LogP) is 2.68. The van der Waals surface area contributed by atoms with Crippen LogP contribution in [0.2, 0.25) is 0 Å². The zero-order valence-corrected chi connectivity index (χ0v) is 16.1. The average molecular weight is 401 g/mol. The Hall–Kier alpha value is -4.00. The van der Waals surface area contributed by atoms with Gasteiger partial charge in [-0.3, -0.25) is 14.3 Å². The summed E-state index contributed by atoms with van der Waals surface area (Å²) in [5.41, 5.74) is 1.55. The van der Waals surface area contributed by atoms with Gasteiger partial charge < -0.3 is 9.72 Å². The number of hydrogen-bond donors (Lipinski definition) is 1. The fourth-order valence-corrected chi connectivity index (χ4v) is 3.18. The Morgan fingerprint density at radius 2 is 1.73 bits per heavy atom. The lowest BCUT2D eigenvalue weighted by molar-refractivity contribution is 0.0473. The van der Waals surface area contributed by atoms with Gasteiger partial charge in [-0.15, -0.1) is 0 Å². The van der Waals surface area contributed by atoms with Gasteiger partial charge in [0.05, 0.1) is 16.5 Å². The smallest absolute Gasteiger partial charge is 0.338 e. The van der Waals surface area contributed by atoms with Crippen LogP contribution in [0.4, 0.5) is 0 Å². The van der Waals surface area contributed by atoms with Gasteiger partial charge >= 0.3 is 11.7 Å². The number of aromatic nitrogens is 3. The van der Waals surface area contributed by atoms with E-state index in [0.29, 0.717) is 11.9 Å². The molecule has 2 aromatic carbocycles. The van der Waals surface area contributed by atoms with Crippen LogP contribution in [-0.2, 0) is 24.3 Å². The fourth-order valence-electron chi connectivity index (χ4n) is 3.18. The van der Waals surface area contributed by atoms with Gasteiger partial charge in [0.1, 0.15) is 6.61 Å². The zero-order chi connectivity index (χ0) is 20.9. The van der Waals surface area contributed by atoms with E-state index in [9.17, 15) is 14.4 Å². The summed E-state index contributed by atoms with van der Waals surface area (Å²) in [5.74, 6) is -0.546. The molecule has 0 aliphatic rings. The van der Waals surface area contributed by atoms with E-state index in [-0.39, 0.29) is 24.1 Å². The highest BCUT2D eigenvalue weighted by molar-refractivity contribution is 5.94. The highest BCUT2D eigenvalue weighted by Crippen LogP contribution is 2.12. The first-order valence-corrected chi connectivity index (χ1v) is 9.48. The van der Waals surface area contributed by atoms with E-state index in [1.165, 1.54) is 12.1 Å². The topological polar surface area (TPSA) is 94.0 Å². The van der Waals surface area contributed by atoms with Crippen LogP contribution in [0, 0.1) is 0 Å². The molecule has 4 aromatic rings. The van der Waals surface area contributed by atoms with E-state index in [0.717, 1.165) is 15.7 Å². The van der Waals surface area contributed by atoms with E-state index in [2.05, 4.69) is 9.97 Å². The van der Waals surface area contributed by atoms with Crippen molar-refractivity contribution in [1.29, 1.82) is 0 Å². The third kappa shape index (κ3) is 4.20. The molecule has 4 rings (SSSR count). The maximum atomic E-state index is 12.9. The van der Waals surface area contributed by atoms with Crippen molar-refractivity contribution in [3.05, 3.63) is 111 Å². The number of fused-ring (bicyclic) bond motifs is 1. The summed E-state index contributed by atoms with van der Waals surface area (Å²) in [7, 11) is 0. The molecule has 150 valence electrons. The molecule has 0 bridgehead atoms. The average Bonchev–Trinajstić information content (AvgIpc) is 2.78. The van der Waals surface area contributed by atoms with Crippen molar-refractivity contribution in [2.45, 2.75) is 19.6 Å². The molecule has 0 atom stereocenters. The number of hydrogen-bond acceptors (Lipinski definition) is 5. The molecule has 0 aliphatic heterocycles. The van der Waals surface area contributed by atoms with Gasteiger partial charge in [-0.1, -0.05) is 30.3 Å². The first kappa shape index (κ1) is 19.3. The lowest BCUT2D eigenvalue weighted by Crippen LogP contribution is -2.35. The van der Waals surface area contributed by atoms with Crippen LogP contribution in [0.25, 0.3) is 10.9 Å². The maximum absolute atomic E-state index is 12.9. The van der Waals surface area contributed by atoms with Crippen LogP contribution >= 0.6 is 0 Å². The standard InChI is InChI=1S/C23H19N3O4/c27-21-19-14-18(22(28)30-15-17-8-11-24-12-9-17)6-7-20(19)25-23(29)26(21)13-10-16-4-2-1-3-5-16/h1-9,11-12,14H,10,13,15H2,(H,25,29). The van der Waals surface area contributed by atoms with Crippen molar-refractivity contribution in [2.24, 2.45) is 0 Å². The Morgan fingerprint density at radius 1 is 0.967 bits per heavy atom. The van der Waals surface area contributed by atoms with Crippen LogP contribution in [0.15, 0.2) is 82.6 Å². The highest BCUT2D eigenvalue weighted by Gasteiger charge is 2.13. The minimum Gasteiger partial charge on any atom is -0.457 e. The number of ether oxygens (including phenoxy) is 1. The lowest BCUT2D eigenvalue weighted by atomic mass is 10.1. The van der Waals surface area contributed by atoms with Gasteiger partial charge in [0.25, 0.3) is 5.56 Å². The molecule has 0 fully saturated rings. The Bertz CT molecular complexity index is 1300. The summed E-state index contributed by atoms with van der Waals surface area (Å²) < 4.78 is 6.47. The molecular formula is C23H19N3O4. The first-order valence-electron chi connectivity index (χ1n) is 9.48. The van der Waals surface area contributed by atoms with Gasteiger partial charge in [0, 0.05) is 18.9 Å². The number of nitrogens with zero attached hydrogens (tertiary/aromatic N) is 2. The van der Waals surface area contributed by atoms with Crippen molar-refractivity contribution >= 4 is 16.9 Å². The molecular weight excluding hydrogens is 382 g/mol. The second-order valence-electron chi connectivity index (χ2n) is 6.81. The summed E-state index contributed by atoms with van der Waals surface area (Å²) in [6.07, 6.45) is 3.78. The summed E-state index contributed by atoms with van der Waals surface area (Å²) in [6.45, 7) is 0.344. The normalized spacial score (nSPS) is 10.8. The molecule has 0 saturated carbocycles. The molecule has 0 unspecified atom stereocenters. The van der Waals surface area contributed by atoms with Gasteiger partial charge in [-0.05, 0) is 47.9 Å². The molecule has 7 heteroatoms. The van der Waals surface area contributed by atoms with E-state index in [1.807, 2.05) is 30.3 Å². The monoisotopic (exact) mass is 401 g/mol. The van der Waals surface area contributed by atoms with E-state index in [4.69, 9.17) is 4.74 Å². The predicted molar refractivity (Wildman–Crippen MR) is 112 cm³/mol. The molecule has 0 aliphatic carbocycles. The number of carbonyl (C=O) groups is 1. The largest absolute Gasteiger partial charge is 0.457 e. The Kier molecular flexibility index (Phi) is 5.52. The molecule has 0 amide bonds. The van der Waals surface area contributed by atoms with Crippen LogP contribution in [0.1, 0.15) is 21.5 Å². The zero-order valence-electron chi connectivity index (χ0n) is 16.1. The molecule has 7 nitrogen and oxygen atoms in total. The number of aryl methyl sites for hydroxylation is 1. The third-order valence-electron chi connectivity index (χ3n) is 4.80. The van der Waals surface area contributed by atoms with Crippen molar-refractivity contribution in [2.75, 3.05) is 0 Å². The van der Waals surface area contributed by atoms with Crippen LogP contribution in [0.3, 0.4) is 0 Å². The number of pyridine rings is 1. The van der Waals surface area contributed by atoms with Gasteiger partial charge in [0.2, 0.25) is 0 Å². The minimum absolute atomic E-state index is 0.103. The van der Waals surface area contributed by atoms with E-state index < -0.39 is 17.2 Å². The van der Waals surface area contributed by atoms with Gasteiger partial charge in [0.15, 0.2) is 0 Å². The Morgan fingerprint density at radius 3 is 2.50 bits per heavy atom. The molecule has 30 heavy (non-hydrogen) atoms. The summed E-state index contributed by atoms with van der Waals surface area (Å²) in [6, 6.07) is 17.7. The molecule has 0 saturated heterocycles. The highest BCUT2D eigenvalue weighted by atomic mass is 16.5. The molecule has 2 heterocycles. The van der Waals surface area contributed by atoms with Crippen molar-refractivity contribution in [1.82, 2.24) is 14.5 Å². The van der Waals surface area contributed by atoms with Crippen molar-refractivity contribution in [3.8, 4) is 0 Å². The van der Waals surface area contributed by atoms with Crippen LogP contribution in [-0.4, -0.2) is 20.5 Å². The Labute approximate surface area is 171 Å². The quantitative estimate of drug-likeness (QED) is 0.502. The first-order chi connectivity index (χ1) is 14.6. The summed E-state index contributed by atoms with van der Waals surface area (Å²) in [4.78, 5) is 44.3. The van der Waals surface area contributed by atoms with Gasteiger partial charge in [-0.25, -0.2) is 9.59 Å². The number of benzene rings is 2. The number of carbonyl (C=O) groups excluding carboxylic acids is 1. The van der Waals surface area contributed by atoms with Crippen LogP contribution < -0.4 is 11.2 Å². The van der Waals surface area contributed by atoms with E-state index >= 15 is 0 Å². The fraction of sp³-hybridized carbons (Fsp3) is 0.130. The second kappa shape index (κ2) is 8.57. The van der Waals surface area contributed by atoms with Crippen molar-refractivity contribution in [3.63, 3.8) is 0 Å². The molecule has 0 radical (unpaired) electrons. The summed E-state index contributed by atoms with van der Waals surface area (Å²) in [5, 5.41) is 0.265. The second-order valence-corrected chi connectivity index (χ2v) is 6.81. The van der Waals surface area contributed by atoms with Crippen molar-refractivity contribution < 1.29 is 9.53 Å². The third-order valence-corrected chi connectivity index (χ3v) is 4.80. The van der Waals surface area contributed by atoms with Crippen LogP contribution in [0.5, 0.6) is 0 Å². The Balaban J connectivity index is 1.59. The number of esters is 1. The lowest BCUT2D eigenvalue weighted by Gasteiger charge is -2.08. The van der Waals surface area contributed by atoms with Gasteiger partial charge in [-0.2, -0.15) is 0 Å². The molecule has 2 aromatic heterocycles. The number of aromatic amines is 1. The molecule has 0 spiro atoms. The molecule has 1 N–H and O–H groups in total. The SMILES string of the molecule is O=C(OCc1ccncc1)c1ccc2[nH]c(=O)n(CCc3ccccc3)c(=O)c2c1. The minimum atomic E-state index is -0.546. The number of nitrogens with one attached hydrogen (secondary N) is 1. The number of H-pyrrole nitrogens is 1. The summed E-state index contributed by atoms with van der Waals surface area (Å²) >= 11 is 0. The van der Waals surface area contributed by atoms with E-state index in [1.54, 1.807) is 30.6 Å².